The minimum absolute atomic E-state index is 0.0102. The Morgan fingerprint density at radius 2 is 1.57 bits per heavy atom. The molecule has 0 fully saturated rings. The summed E-state index contributed by atoms with van der Waals surface area (Å²) in [6, 6.07) is 2.38. The van der Waals surface area contributed by atoms with Crippen molar-refractivity contribution in [3.05, 3.63) is 29.8 Å². The normalized spacial score (nSPS) is 13.7. The number of carbonyl (C=O) groups is 4. The summed E-state index contributed by atoms with van der Waals surface area (Å²) in [5.74, 6) is -3.45. The topological polar surface area (TPSA) is 211 Å². The lowest BCUT2D eigenvalue weighted by atomic mass is 10.0. The zero-order chi connectivity index (χ0) is 22.7. The minimum atomic E-state index is -1.25. The second-order valence-electron chi connectivity index (χ2n) is 6.89. The molecule has 1 rings (SSSR count). The Balaban J connectivity index is 2.94. The van der Waals surface area contributed by atoms with Crippen LogP contribution in [0.3, 0.4) is 0 Å². The van der Waals surface area contributed by atoms with Crippen LogP contribution < -0.4 is 27.8 Å². The number of unbranched alkanes of at least 4 members (excludes halogenated alkanes) is 1. The maximum absolute atomic E-state index is 12.7. The lowest BCUT2D eigenvalue weighted by Gasteiger charge is -2.23. The van der Waals surface area contributed by atoms with Crippen LogP contribution in [-0.4, -0.2) is 58.6 Å². The van der Waals surface area contributed by atoms with Gasteiger partial charge in [0.05, 0.1) is 12.5 Å². The molecule has 0 heterocycles. The molecule has 0 aliphatic rings. The SMILES string of the molecule is NCCCC[C@H](NC(=O)[C@H](Cc1ccc(O)cc1)NC(=O)[C@@H](N)CC(N)=O)C(=O)O. The summed E-state index contributed by atoms with van der Waals surface area (Å²) in [5, 5.41) is 23.6. The minimum Gasteiger partial charge on any atom is -0.508 e. The fourth-order valence-electron chi connectivity index (χ4n) is 2.69. The number of phenolic OH excluding ortho intramolecular Hbond substituents is 1. The predicted octanol–water partition coefficient (Wildman–Crippen LogP) is -1.68. The number of benzene rings is 1. The van der Waals surface area contributed by atoms with Crippen LogP contribution in [0.25, 0.3) is 0 Å². The summed E-state index contributed by atoms with van der Waals surface area (Å²) in [5.41, 5.74) is 16.7. The van der Waals surface area contributed by atoms with Crippen LogP contribution in [0.1, 0.15) is 31.2 Å². The molecule has 11 nitrogen and oxygen atoms in total. The van der Waals surface area contributed by atoms with E-state index in [0.717, 1.165) is 0 Å². The molecule has 30 heavy (non-hydrogen) atoms. The number of carboxylic acid groups (broad SMARTS) is 1. The van der Waals surface area contributed by atoms with Crippen LogP contribution in [0.15, 0.2) is 24.3 Å². The highest BCUT2D eigenvalue weighted by molar-refractivity contribution is 5.93. The van der Waals surface area contributed by atoms with E-state index in [0.29, 0.717) is 24.9 Å². The summed E-state index contributed by atoms with van der Waals surface area (Å²) < 4.78 is 0. The number of aliphatic carboxylic acids is 1. The number of hydrogen-bond donors (Lipinski definition) is 7. The van der Waals surface area contributed by atoms with Crippen molar-refractivity contribution >= 4 is 23.7 Å². The van der Waals surface area contributed by atoms with Gasteiger partial charge in [-0.15, -0.1) is 0 Å². The maximum atomic E-state index is 12.7. The maximum Gasteiger partial charge on any atom is 0.326 e. The number of nitrogens with two attached hydrogens (primary N) is 3. The van der Waals surface area contributed by atoms with Gasteiger partial charge in [0.15, 0.2) is 0 Å². The molecular weight excluding hydrogens is 394 g/mol. The molecule has 0 unspecified atom stereocenters. The van der Waals surface area contributed by atoms with Gasteiger partial charge < -0.3 is 38.0 Å². The van der Waals surface area contributed by atoms with E-state index in [4.69, 9.17) is 17.2 Å². The first-order valence-electron chi connectivity index (χ1n) is 9.49. The molecule has 3 atom stereocenters. The molecule has 0 aliphatic carbocycles. The Bertz CT molecular complexity index is 739. The quantitative estimate of drug-likeness (QED) is 0.182. The molecule has 0 aliphatic heterocycles. The van der Waals surface area contributed by atoms with Crippen molar-refractivity contribution in [2.24, 2.45) is 17.2 Å². The standard InChI is InChI=1S/C19H29N5O6/c20-8-2-1-3-14(19(29)30)23-18(28)15(9-11-4-6-12(25)7-5-11)24-17(27)13(21)10-16(22)26/h4-7,13-15,25H,1-3,8-10,20-21H2,(H2,22,26)(H,23,28)(H,24,27)(H,29,30)/t13-,14-,15-/m0/s1. The Morgan fingerprint density at radius 3 is 2.10 bits per heavy atom. The van der Waals surface area contributed by atoms with Crippen molar-refractivity contribution in [2.45, 2.75) is 50.2 Å². The van der Waals surface area contributed by atoms with Gasteiger partial charge in [-0.1, -0.05) is 12.1 Å². The number of rotatable bonds is 13. The fraction of sp³-hybridized carbons (Fsp3) is 0.474. The molecule has 1 aromatic rings. The number of amides is 3. The number of phenols is 1. The zero-order valence-corrected chi connectivity index (χ0v) is 16.5. The van der Waals surface area contributed by atoms with E-state index in [9.17, 15) is 29.4 Å². The molecule has 3 amide bonds. The Labute approximate surface area is 174 Å². The van der Waals surface area contributed by atoms with Gasteiger partial charge in [-0.05, 0) is 43.5 Å². The van der Waals surface area contributed by atoms with Crippen molar-refractivity contribution in [2.75, 3.05) is 6.54 Å². The van der Waals surface area contributed by atoms with E-state index < -0.39 is 48.2 Å². The van der Waals surface area contributed by atoms with E-state index in [2.05, 4.69) is 10.6 Å². The lowest BCUT2D eigenvalue weighted by Crippen LogP contribution is -2.55. The fourth-order valence-corrected chi connectivity index (χ4v) is 2.69. The second-order valence-corrected chi connectivity index (χ2v) is 6.89. The van der Waals surface area contributed by atoms with E-state index in [1.165, 1.54) is 12.1 Å². The first-order chi connectivity index (χ1) is 14.1. The smallest absolute Gasteiger partial charge is 0.326 e. The second kappa shape index (κ2) is 12.4. The highest BCUT2D eigenvalue weighted by Gasteiger charge is 2.28. The van der Waals surface area contributed by atoms with Crippen LogP contribution in [-0.2, 0) is 25.6 Å². The monoisotopic (exact) mass is 423 g/mol. The van der Waals surface area contributed by atoms with Crippen LogP contribution in [0.2, 0.25) is 0 Å². The number of aromatic hydroxyl groups is 1. The molecule has 166 valence electrons. The van der Waals surface area contributed by atoms with Gasteiger partial charge in [0.2, 0.25) is 17.7 Å². The number of carbonyl (C=O) groups excluding carboxylic acids is 3. The third-order valence-corrected chi connectivity index (χ3v) is 4.33. The zero-order valence-electron chi connectivity index (χ0n) is 16.5. The van der Waals surface area contributed by atoms with Crippen molar-refractivity contribution in [3.8, 4) is 5.75 Å². The molecule has 0 radical (unpaired) electrons. The Kier molecular flexibility index (Phi) is 10.3. The third-order valence-electron chi connectivity index (χ3n) is 4.33. The van der Waals surface area contributed by atoms with E-state index in [-0.39, 0.29) is 18.6 Å². The van der Waals surface area contributed by atoms with Crippen LogP contribution in [0, 0.1) is 0 Å². The average molecular weight is 423 g/mol. The lowest BCUT2D eigenvalue weighted by molar-refractivity contribution is -0.142. The van der Waals surface area contributed by atoms with E-state index >= 15 is 0 Å². The summed E-state index contributed by atoms with van der Waals surface area (Å²) >= 11 is 0. The number of nitrogens with one attached hydrogen (secondary N) is 2. The van der Waals surface area contributed by atoms with Gasteiger partial charge in [-0.2, -0.15) is 0 Å². The van der Waals surface area contributed by atoms with Gasteiger partial charge in [0, 0.05) is 6.42 Å². The van der Waals surface area contributed by atoms with E-state index in [1.54, 1.807) is 12.1 Å². The van der Waals surface area contributed by atoms with Gasteiger partial charge in [0.1, 0.15) is 17.8 Å². The predicted molar refractivity (Wildman–Crippen MR) is 108 cm³/mol. The van der Waals surface area contributed by atoms with Crippen molar-refractivity contribution in [1.29, 1.82) is 0 Å². The summed E-state index contributed by atoms with van der Waals surface area (Å²) in [6.07, 6.45) is 0.896. The summed E-state index contributed by atoms with van der Waals surface area (Å²) in [6.45, 7) is 0.400. The first kappa shape index (κ1) is 24.9. The Morgan fingerprint density at radius 1 is 0.967 bits per heavy atom. The number of carboxylic acids is 1. The molecule has 0 bridgehead atoms. The molecular formula is C19H29N5O6. The van der Waals surface area contributed by atoms with Crippen molar-refractivity contribution in [3.63, 3.8) is 0 Å². The molecule has 1 aromatic carbocycles. The molecule has 0 saturated heterocycles. The largest absolute Gasteiger partial charge is 0.508 e. The van der Waals surface area contributed by atoms with Crippen LogP contribution in [0.5, 0.6) is 5.75 Å². The van der Waals surface area contributed by atoms with Gasteiger partial charge in [-0.3, -0.25) is 14.4 Å². The third kappa shape index (κ3) is 8.88. The highest BCUT2D eigenvalue weighted by Crippen LogP contribution is 2.12. The van der Waals surface area contributed by atoms with Gasteiger partial charge in [0.25, 0.3) is 0 Å². The first-order valence-corrected chi connectivity index (χ1v) is 9.49. The van der Waals surface area contributed by atoms with Crippen molar-refractivity contribution < 1.29 is 29.4 Å². The molecule has 0 saturated carbocycles. The highest BCUT2D eigenvalue weighted by atomic mass is 16.4. The molecule has 0 aromatic heterocycles. The molecule has 0 spiro atoms. The summed E-state index contributed by atoms with van der Waals surface area (Å²) in [4.78, 5) is 47.5. The van der Waals surface area contributed by atoms with Crippen LogP contribution >= 0.6 is 0 Å². The molecule has 10 N–H and O–H groups in total. The average Bonchev–Trinajstić information content (AvgIpc) is 2.67. The molecule has 11 heteroatoms. The summed E-state index contributed by atoms with van der Waals surface area (Å²) in [7, 11) is 0. The van der Waals surface area contributed by atoms with Gasteiger partial charge >= 0.3 is 5.97 Å². The van der Waals surface area contributed by atoms with Crippen molar-refractivity contribution in [1.82, 2.24) is 10.6 Å². The Hall–Kier alpha value is -3.18. The van der Waals surface area contributed by atoms with E-state index in [1.807, 2.05) is 0 Å². The number of hydrogen-bond acceptors (Lipinski definition) is 7. The number of primary amides is 1. The van der Waals surface area contributed by atoms with Crippen LogP contribution in [0.4, 0.5) is 0 Å². The van der Waals surface area contributed by atoms with Gasteiger partial charge in [-0.25, -0.2) is 4.79 Å².